The van der Waals surface area contributed by atoms with E-state index in [1.54, 1.807) is 25.3 Å². The number of nitriles is 1. The summed E-state index contributed by atoms with van der Waals surface area (Å²) in [7, 11) is 0. The van der Waals surface area contributed by atoms with Crippen LogP contribution in [0.15, 0.2) is 24.4 Å². The van der Waals surface area contributed by atoms with E-state index in [1.165, 1.54) is 0 Å². The SMILES string of the molecule is CCOC(=O)CC(C#N)c1c[nH]c2cc(Cl)ccc12. The van der Waals surface area contributed by atoms with Gasteiger partial charge in [-0.15, -0.1) is 0 Å². The molecule has 0 saturated heterocycles. The van der Waals surface area contributed by atoms with Crippen LogP contribution < -0.4 is 0 Å². The number of hydrogen-bond acceptors (Lipinski definition) is 3. The molecule has 4 nitrogen and oxygen atoms in total. The normalized spacial score (nSPS) is 12.1. The number of esters is 1. The van der Waals surface area contributed by atoms with Gasteiger partial charge in [0.05, 0.1) is 25.0 Å². The quantitative estimate of drug-likeness (QED) is 0.871. The van der Waals surface area contributed by atoms with E-state index in [0.29, 0.717) is 11.6 Å². The highest BCUT2D eigenvalue weighted by Crippen LogP contribution is 2.29. The van der Waals surface area contributed by atoms with Crippen molar-refractivity contribution in [1.29, 1.82) is 5.26 Å². The molecule has 5 heteroatoms. The Balaban J connectivity index is 2.31. The Hall–Kier alpha value is -1.99. The van der Waals surface area contributed by atoms with Gasteiger partial charge in [0, 0.05) is 22.1 Å². The van der Waals surface area contributed by atoms with Crippen molar-refractivity contribution in [2.45, 2.75) is 19.3 Å². The monoisotopic (exact) mass is 276 g/mol. The summed E-state index contributed by atoms with van der Waals surface area (Å²) in [6.07, 6.45) is 1.80. The van der Waals surface area contributed by atoms with Gasteiger partial charge in [-0.25, -0.2) is 0 Å². The lowest BCUT2D eigenvalue weighted by Crippen LogP contribution is -2.09. The molecule has 0 saturated carbocycles. The number of aromatic nitrogens is 1. The lowest BCUT2D eigenvalue weighted by Gasteiger charge is -2.07. The van der Waals surface area contributed by atoms with E-state index >= 15 is 0 Å². The maximum absolute atomic E-state index is 11.5. The second-order valence-electron chi connectivity index (χ2n) is 4.12. The number of carbonyl (C=O) groups excluding carboxylic acids is 1. The molecule has 1 heterocycles. The summed E-state index contributed by atoms with van der Waals surface area (Å²) in [4.78, 5) is 14.6. The highest BCUT2D eigenvalue weighted by Gasteiger charge is 2.19. The van der Waals surface area contributed by atoms with Gasteiger partial charge in [0.1, 0.15) is 0 Å². The number of nitrogens with zero attached hydrogens (tertiary/aromatic N) is 1. The minimum Gasteiger partial charge on any atom is -0.466 e. The number of ether oxygens (including phenoxy) is 1. The summed E-state index contributed by atoms with van der Waals surface area (Å²) in [5.74, 6) is -0.883. The van der Waals surface area contributed by atoms with Gasteiger partial charge >= 0.3 is 5.97 Å². The van der Waals surface area contributed by atoms with Crippen molar-refractivity contribution in [2.75, 3.05) is 6.61 Å². The van der Waals surface area contributed by atoms with Gasteiger partial charge < -0.3 is 9.72 Å². The zero-order chi connectivity index (χ0) is 13.8. The number of benzene rings is 1. The van der Waals surface area contributed by atoms with Gasteiger partial charge in [0.15, 0.2) is 0 Å². The van der Waals surface area contributed by atoms with E-state index < -0.39 is 5.92 Å². The van der Waals surface area contributed by atoms with Gasteiger partial charge in [0.2, 0.25) is 0 Å². The van der Waals surface area contributed by atoms with Crippen molar-refractivity contribution in [3.05, 3.63) is 35.0 Å². The van der Waals surface area contributed by atoms with Gasteiger partial charge in [0.25, 0.3) is 0 Å². The Labute approximate surface area is 115 Å². The fourth-order valence-corrected chi connectivity index (χ4v) is 2.19. The molecule has 0 radical (unpaired) electrons. The van der Waals surface area contributed by atoms with Crippen LogP contribution in [0.25, 0.3) is 10.9 Å². The van der Waals surface area contributed by atoms with Crippen molar-refractivity contribution in [3.63, 3.8) is 0 Å². The predicted octanol–water partition coefficient (Wildman–Crippen LogP) is 3.38. The molecule has 1 aromatic heterocycles. The van der Waals surface area contributed by atoms with Crippen LogP contribution in [-0.4, -0.2) is 17.6 Å². The van der Waals surface area contributed by atoms with E-state index in [-0.39, 0.29) is 12.4 Å². The highest BCUT2D eigenvalue weighted by atomic mass is 35.5. The Bertz CT molecular complexity index is 642. The van der Waals surface area contributed by atoms with Crippen LogP contribution in [0.3, 0.4) is 0 Å². The van der Waals surface area contributed by atoms with Crippen molar-refractivity contribution in [2.24, 2.45) is 0 Å². The third kappa shape index (κ3) is 2.88. The molecule has 1 atom stereocenters. The molecule has 0 aliphatic heterocycles. The van der Waals surface area contributed by atoms with Crippen LogP contribution in [0.2, 0.25) is 5.02 Å². The summed E-state index contributed by atoms with van der Waals surface area (Å²) in [5.41, 5.74) is 1.65. The maximum atomic E-state index is 11.5. The van der Waals surface area contributed by atoms with Crippen LogP contribution >= 0.6 is 11.6 Å². The zero-order valence-electron chi connectivity index (χ0n) is 10.4. The lowest BCUT2D eigenvalue weighted by atomic mass is 9.97. The molecule has 0 amide bonds. The second kappa shape index (κ2) is 5.77. The zero-order valence-corrected chi connectivity index (χ0v) is 11.2. The van der Waals surface area contributed by atoms with E-state index in [0.717, 1.165) is 16.5 Å². The average Bonchev–Trinajstić information content (AvgIpc) is 2.79. The largest absolute Gasteiger partial charge is 0.466 e. The van der Waals surface area contributed by atoms with Crippen LogP contribution in [0, 0.1) is 11.3 Å². The topological polar surface area (TPSA) is 65.9 Å². The Morgan fingerprint density at radius 1 is 1.58 bits per heavy atom. The average molecular weight is 277 g/mol. The van der Waals surface area contributed by atoms with Crippen LogP contribution in [0.4, 0.5) is 0 Å². The van der Waals surface area contributed by atoms with Crippen molar-refractivity contribution < 1.29 is 9.53 Å². The highest BCUT2D eigenvalue weighted by molar-refractivity contribution is 6.31. The molecular weight excluding hydrogens is 264 g/mol. The van der Waals surface area contributed by atoms with Crippen LogP contribution in [0.1, 0.15) is 24.8 Å². The fourth-order valence-electron chi connectivity index (χ4n) is 2.02. The molecule has 0 aliphatic rings. The molecule has 0 fully saturated rings. The number of nitrogens with one attached hydrogen (secondary N) is 1. The smallest absolute Gasteiger partial charge is 0.307 e. The van der Waals surface area contributed by atoms with E-state index in [1.807, 2.05) is 6.07 Å². The number of hydrogen-bond donors (Lipinski definition) is 1. The summed E-state index contributed by atoms with van der Waals surface area (Å²) in [6, 6.07) is 7.55. The van der Waals surface area contributed by atoms with Crippen molar-refractivity contribution >= 4 is 28.5 Å². The third-order valence-corrected chi connectivity index (χ3v) is 3.12. The minimum atomic E-state index is -0.519. The molecule has 0 aliphatic carbocycles. The van der Waals surface area contributed by atoms with Crippen LogP contribution in [-0.2, 0) is 9.53 Å². The number of carbonyl (C=O) groups is 1. The van der Waals surface area contributed by atoms with Crippen molar-refractivity contribution in [3.8, 4) is 6.07 Å². The Morgan fingerprint density at radius 3 is 3.05 bits per heavy atom. The molecule has 1 unspecified atom stereocenters. The second-order valence-corrected chi connectivity index (χ2v) is 4.56. The van der Waals surface area contributed by atoms with Crippen LogP contribution in [0.5, 0.6) is 0 Å². The first kappa shape index (κ1) is 13.4. The fraction of sp³-hybridized carbons (Fsp3) is 0.286. The summed E-state index contributed by atoms with van der Waals surface area (Å²) in [5, 5.41) is 10.8. The lowest BCUT2D eigenvalue weighted by molar-refractivity contribution is -0.143. The predicted molar refractivity (Wildman–Crippen MR) is 72.9 cm³/mol. The molecule has 2 aromatic rings. The molecule has 19 heavy (non-hydrogen) atoms. The van der Waals surface area contributed by atoms with E-state index in [2.05, 4.69) is 11.1 Å². The Morgan fingerprint density at radius 2 is 2.37 bits per heavy atom. The minimum absolute atomic E-state index is 0.0555. The molecule has 1 N–H and O–H groups in total. The Kier molecular flexibility index (Phi) is 4.08. The number of H-pyrrole nitrogens is 1. The van der Waals surface area contributed by atoms with E-state index in [9.17, 15) is 10.1 Å². The van der Waals surface area contributed by atoms with Gasteiger partial charge in [-0.1, -0.05) is 17.7 Å². The number of fused-ring (bicyclic) bond motifs is 1. The molecule has 2 rings (SSSR count). The first-order valence-corrected chi connectivity index (χ1v) is 6.35. The molecule has 98 valence electrons. The number of rotatable bonds is 4. The first-order chi connectivity index (χ1) is 9.15. The van der Waals surface area contributed by atoms with Gasteiger partial charge in [-0.3, -0.25) is 4.79 Å². The summed E-state index contributed by atoms with van der Waals surface area (Å²) >= 11 is 5.91. The standard InChI is InChI=1S/C14H13ClN2O2/c1-2-19-14(18)5-9(7-16)12-8-17-13-6-10(15)3-4-11(12)13/h3-4,6,8-9,17H,2,5H2,1H3. The van der Waals surface area contributed by atoms with Gasteiger partial charge in [-0.05, 0) is 24.6 Å². The van der Waals surface area contributed by atoms with E-state index in [4.69, 9.17) is 16.3 Å². The first-order valence-electron chi connectivity index (χ1n) is 5.97. The third-order valence-electron chi connectivity index (χ3n) is 2.88. The number of aromatic amines is 1. The summed E-state index contributed by atoms with van der Waals surface area (Å²) in [6.45, 7) is 2.06. The number of halogens is 1. The molecule has 0 bridgehead atoms. The maximum Gasteiger partial charge on any atom is 0.307 e. The molecule has 1 aromatic carbocycles. The van der Waals surface area contributed by atoms with Gasteiger partial charge in [-0.2, -0.15) is 5.26 Å². The van der Waals surface area contributed by atoms with Crippen molar-refractivity contribution in [1.82, 2.24) is 4.98 Å². The molecular formula is C14H13ClN2O2. The summed E-state index contributed by atoms with van der Waals surface area (Å²) < 4.78 is 4.88. The molecule has 0 spiro atoms.